The third-order valence-corrected chi connectivity index (χ3v) is 4.70. The molecule has 3 N–H and O–H groups in total. The van der Waals surface area contributed by atoms with E-state index in [0.717, 1.165) is 12.3 Å². The SMILES string of the molecule is NNC(Cc1ccsc1)C1CCSC1. The van der Waals surface area contributed by atoms with Crippen LogP contribution in [0.5, 0.6) is 0 Å². The lowest BCUT2D eigenvalue weighted by atomic mass is 9.95. The van der Waals surface area contributed by atoms with Crippen molar-refractivity contribution in [3.05, 3.63) is 22.4 Å². The first-order valence-electron chi connectivity index (χ1n) is 4.95. The van der Waals surface area contributed by atoms with Gasteiger partial charge >= 0.3 is 0 Å². The summed E-state index contributed by atoms with van der Waals surface area (Å²) in [5.41, 5.74) is 4.39. The number of hydrogen-bond acceptors (Lipinski definition) is 4. The summed E-state index contributed by atoms with van der Waals surface area (Å²) in [5, 5.41) is 4.35. The molecule has 1 fully saturated rings. The van der Waals surface area contributed by atoms with Gasteiger partial charge in [0.25, 0.3) is 0 Å². The maximum atomic E-state index is 5.61. The molecule has 0 radical (unpaired) electrons. The molecule has 1 aromatic rings. The molecule has 2 unspecified atom stereocenters. The van der Waals surface area contributed by atoms with E-state index in [1.165, 1.54) is 23.5 Å². The standard InChI is InChI=1S/C10H16N2S2/c11-12-10(9-2-4-14-7-9)5-8-1-3-13-6-8/h1,3,6,9-10,12H,2,4-5,7,11H2. The minimum Gasteiger partial charge on any atom is -0.271 e. The van der Waals surface area contributed by atoms with Crippen molar-refractivity contribution in [1.29, 1.82) is 0 Å². The Morgan fingerprint density at radius 3 is 3.14 bits per heavy atom. The molecule has 0 spiro atoms. The highest BCUT2D eigenvalue weighted by Gasteiger charge is 2.24. The number of nitrogens with one attached hydrogen (secondary N) is 1. The summed E-state index contributed by atoms with van der Waals surface area (Å²) < 4.78 is 0. The predicted octanol–water partition coefficient (Wildman–Crippen LogP) is 1.88. The van der Waals surface area contributed by atoms with Crippen LogP contribution in [-0.2, 0) is 6.42 Å². The molecule has 2 nitrogen and oxygen atoms in total. The molecule has 0 saturated carbocycles. The number of rotatable bonds is 4. The Kier molecular flexibility index (Phi) is 3.87. The van der Waals surface area contributed by atoms with Crippen molar-refractivity contribution in [1.82, 2.24) is 5.43 Å². The Labute approximate surface area is 93.2 Å². The fourth-order valence-electron chi connectivity index (χ4n) is 1.89. The molecule has 0 bridgehead atoms. The van der Waals surface area contributed by atoms with Crippen molar-refractivity contribution in [2.24, 2.45) is 11.8 Å². The quantitative estimate of drug-likeness (QED) is 0.610. The van der Waals surface area contributed by atoms with Gasteiger partial charge < -0.3 is 0 Å². The van der Waals surface area contributed by atoms with Crippen LogP contribution < -0.4 is 11.3 Å². The molecular weight excluding hydrogens is 212 g/mol. The fraction of sp³-hybridized carbons (Fsp3) is 0.600. The van der Waals surface area contributed by atoms with Crippen LogP contribution in [0.15, 0.2) is 16.8 Å². The molecule has 78 valence electrons. The van der Waals surface area contributed by atoms with Gasteiger partial charge in [-0.25, -0.2) is 0 Å². The van der Waals surface area contributed by atoms with E-state index in [1.54, 1.807) is 11.3 Å². The van der Waals surface area contributed by atoms with Gasteiger partial charge in [0.15, 0.2) is 0 Å². The number of thiophene rings is 1. The third kappa shape index (κ3) is 2.51. The smallest absolute Gasteiger partial charge is 0.0287 e. The Balaban J connectivity index is 1.92. The van der Waals surface area contributed by atoms with Crippen molar-refractivity contribution in [3.63, 3.8) is 0 Å². The van der Waals surface area contributed by atoms with Crippen LogP contribution in [0.2, 0.25) is 0 Å². The van der Waals surface area contributed by atoms with Crippen LogP contribution >= 0.6 is 23.1 Å². The van der Waals surface area contributed by atoms with E-state index in [2.05, 4.69) is 22.3 Å². The van der Waals surface area contributed by atoms with Crippen molar-refractivity contribution >= 4 is 23.1 Å². The Morgan fingerprint density at radius 2 is 2.57 bits per heavy atom. The number of nitrogens with two attached hydrogens (primary N) is 1. The van der Waals surface area contributed by atoms with E-state index < -0.39 is 0 Å². The minimum absolute atomic E-state index is 0.458. The molecule has 0 amide bonds. The van der Waals surface area contributed by atoms with Gasteiger partial charge in [-0.1, -0.05) is 0 Å². The molecule has 14 heavy (non-hydrogen) atoms. The predicted molar refractivity (Wildman–Crippen MR) is 64.6 cm³/mol. The van der Waals surface area contributed by atoms with E-state index in [9.17, 15) is 0 Å². The second kappa shape index (κ2) is 5.16. The lowest BCUT2D eigenvalue weighted by molar-refractivity contribution is 0.386. The van der Waals surface area contributed by atoms with E-state index >= 15 is 0 Å². The van der Waals surface area contributed by atoms with Crippen molar-refractivity contribution < 1.29 is 0 Å². The average molecular weight is 228 g/mol. The Hall–Kier alpha value is -0.0300. The summed E-state index contributed by atoms with van der Waals surface area (Å²) in [6.07, 6.45) is 2.38. The zero-order chi connectivity index (χ0) is 9.80. The summed E-state index contributed by atoms with van der Waals surface area (Å²) >= 11 is 3.81. The lowest BCUT2D eigenvalue weighted by Gasteiger charge is -2.21. The van der Waals surface area contributed by atoms with Crippen LogP contribution in [0.25, 0.3) is 0 Å². The van der Waals surface area contributed by atoms with Gasteiger partial charge in [-0.15, -0.1) is 0 Å². The maximum Gasteiger partial charge on any atom is 0.0287 e. The highest BCUT2D eigenvalue weighted by Crippen LogP contribution is 2.27. The van der Waals surface area contributed by atoms with E-state index in [0.29, 0.717) is 6.04 Å². The topological polar surface area (TPSA) is 38.0 Å². The molecule has 0 aromatic carbocycles. The molecular formula is C10H16N2S2. The second-order valence-electron chi connectivity index (χ2n) is 3.73. The van der Waals surface area contributed by atoms with E-state index in [1.807, 2.05) is 11.8 Å². The fourth-order valence-corrected chi connectivity index (χ4v) is 3.91. The molecule has 1 saturated heterocycles. The maximum absolute atomic E-state index is 5.61. The van der Waals surface area contributed by atoms with Gasteiger partial charge in [-0.3, -0.25) is 11.3 Å². The number of hydrogen-bond donors (Lipinski definition) is 2. The normalized spacial score (nSPS) is 23.9. The highest BCUT2D eigenvalue weighted by molar-refractivity contribution is 7.99. The monoisotopic (exact) mass is 228 g/mol. The van der Waals surface area contributed by atoms with Gasteiger partial charge in [0.2, 0.25) is 0 Å². The molecule has 2 heterocycles. The molecule has 0 aliphatic carbocycles. The van der Waals surface area contributed by atoms with Gasteiger partial charge in [-0.2, -0.15) is 23.1 Å². The first kappa shape index (κ1) is 10.5. The molecule has 1 aliphatic rings. The van der Waals surface area contributed by atoms with Crippen LogP contribution in [0, 0.1) is 5.92 Å². The molecule has 1 aromatic heterocycles. The summed E-state index contributed by atoms with van der Waals surface area (Å²) in [4.78, 5) is 0. The summed E-state index contributed by atoms with van der Waals surface area (Å²) in [5.74, 6) is 8.93. The molecule has 4 heteroatoms. The van der Waals surface area contributed by atoms with Crippen LogP contribution in [-0.4, -0.2) is 17.5 Å². The average Bonchev–Trinajstić information content (AvgIpc) is 2.86. The second-order valence-corrected chi connectivity index (χ2v) is 5.66. The van der Waals surface area contributed by atoms with Crippen molar-refractivity contribution in [2.75, 3.05) is 11.5 Å². The highest BCUT2D eigenvalue weighted by atomic mass is 32.2. The molecule has 2 atom stereocenters. The van der Waals surface area contributed by atoms with Gasteiger partial charge in [0, 0.05) is 6.04 Å². The van der Waals surface area contributed by atoms with Crippen molar-refractivity contribution in [3.8, 4) is 0 Å². The first-order chi connectivity index (χ1) is 6.90. The van der Waals surface area contributed by atoms with Gasteiger partial charge in [0.05, 0.1) is 0 Å². The van der Waals surface area contributed by atoms with E-state index in [-0.39, 0.29) is 0 Å². The van der Waals surface area contributed by atoms with Gasteiger partial charge in [0.1, 0.15) is 0 Å². The van der Waals surface area contributed by atoms with Crippen LogP contribution in [0.4, 0.5) is 0 Å². The summed E-state index contributed by atoms with van der Waals surface area (Å²) in [6, 6.07) is 2.65. The molecule has 1 aliphatic heterocycles. The van der Waals surface area contributed by atoms with Crippen LogP contribution in [0.3, 0.4) is 0 Å². The third-order valence-electron chi connectivity index (χ3n) is 2.78. The Bertz CT molecular complexity index is 255. The first-order valence-corrected chi connectivity index (χ1v) is 7.05. The summed E-state index contributed by atoms with van der Waals surface area (Å²) in [7, 11) is 0. The van der Waals surface area contributed by atoms with Crippen LogP contribution in [0.1, 0.15) is 12.0 Å². The largest absolute Gasteiger partial charge is 0.271 e. The zero-order valence-electron chi connectivity index (χ0n) is 8.11. The number of thioether (sulfide) groups is 1. The lowest BCUT2D eigenvalue weighted by Crippen LogP contribution is -2.42. The minimum atomic E-state index is 0.458. The number of hydrazine groups is 1. The van der Waals surface area contributed by atoms with Gasteiger partial charge in [-0.05, 0) is 52.7 Å². The zero-order valence-corrected chi connectivity index (χ0v) is 9.74. The summed E-state index contributed by atoms with van der Waals surface area (Å²) in [6.45, 7) is 0. The Morgan fingerprint density at radius 1 is 1.64 bits per heavy atom. The van der Waals surface area contributed by atoms with E-state index in [4.69, 9.17) is 5.84 Å². The van der Waals surface area contributed by atoms with Crippen molar-refractivity contribution in [2.45, 2.75) is 18.9 Å². The molecule has 2 rings (SSSR count).